The first-order valence-electron chi connectivity index (χ1n) is 6.11. The molecular weight excluding hydrogens is 269 g/mol. The van der Waals surface area contributed by atoms with Gasteiger partial charge in [-0.25, -0.2) is 18.0 Å². The molecule has 2 unspecified atom stereocenters. The number of alkyl halides is 2. The quantitative estimate of drug-likeness (QED) is 0.733. The van der Waals surface area contributed by atoms with Crippen molar-refractivity contribution in [2.75, 3.05) is 7.11 Å². The highest BCUT2D eigenvalue weighted by molar-refractivity contribution is 5.89. The number of rotatable bonds is 1. The summed E-state index contributed by atoms with van der Waals surface area (Å²) in [6.07, 6.45) is 3.42. The van der Waals surface area contributed by atoms with E-state index >= 15 is 0 Å². The van der Waals surface area contributed by atoms with Gasteiger partial charge < -0.3 is 4.74 Å². The predicted molar refractivity (Wildman–Crippen MR) is 66.2 cm³/mol. The number of methoxy groups -OCH3 is 1. The van der Waals surface area contributed by atoms with Crippen molar-refractivity contribution < 1.29 is 22.7 Å². The summed E-state index contributed by atoms with van der Waals surface area (Å²) in [6, 6.07) is 3.89. The molecule has 0 saturated heterocycles. The molecule has 2 atom stereocenters. The molecule has 0 bridgehead atoms. The largest absolute Gasteiger partial charge is 0.465 e. The fourth-order valence-corrected chi connectivity index (χ4v) is 2.84. The fourth-order valence-electron chi connectivity index (χ4n) is 2.84. The van der Waals surface area contributed by atoms with Crippen LogP contribution in [0.15, 0.2) is 42.3 Å². The number of ether oxygens (including phenoxy) is 1. The molecule has 0 aliphatic heterocycles. The van der Waals surface area contributed by atoms with Crippen LogP contribution in [0.1, 0.15) is 27.4 Å². The standard InChI is InChI=1S/C15H11F3O2/c1-20-14(19)8-2-4-12-10(6-8)11-7-9(16)3-5-13(11)15(12,17)18/h2-7,11,13H,1H3. The molecule has 0 aromatic heterocycles. The first-order valence-corrected chi connectivity index (χ1v) is 6.11. The lowest BCUT2D eigenvalue weighted by Crippen LogP contribution is -2.21. The van der Waals surface area contributed by atoms with Gasteiger partial charge in [0.15, 0.2) is 0 Å². The molecule has 0 fully saturated rings. The molecular formula is C15H11F3O2. The van der Waals surface area contributed by atoms with Crippen LogP contribution in [0, 0.1) is 5.92 Å². The molecule has 2 aliphatic rings. The minimum Gasteiger partial charge on any atom is -0.465 e. The van der Waals surface area contributed by atoms with Gasteiger partial charge in [0.1, 0.15) is 5.83 Å². The number of hydrogen-bond acceptors (Lipinski definition) is 2. The van der Waals surface area contributed by atoms with Gasteiger partial charge >= 0.3 is 5.97 Å². The maximum absolute atomic E-state index is 14.3. The summed E-state index contributed by atoms with van der Waals surface area (Å²) in [6.45, 7) is 0. The molecule has 1 aromatic carbocycles. The van der Waals surface area contributed by atoms with Crippen LogP contribution in [0.5, 0.6) is 0 Å². The van der Waals surface area contributed by atoms with Crippen LogP contribution in [-0.2, 0) is 10.7 Å². The summed E-state index contributed by atoms with van der Waals surface area (Å²) in [5, 5.41) is 0. The third-order valence-corrected chi connectivity index (χ3v) is 3.80. The first kappa shape index (κ1) is 13.0. The first-order chi connectivity index (χ1) is 9.45. The second-order valence-corrected chi connectivity index (χ2v) is 4.88. The zero-order valence-corrected chi connectivity index (χ0v) is 10.6. The van der Waals surface area contributed by atoms with E-state index in [4.69, 9.17) is 0 Å². The molecule has 1 aromatic rings. The Morgan fingerprint density at radius 1 is 1.35 bits per heavy atom. The number of benzene rings is 1. The summed E-state index contributed by atoms with van der Waals surface area (Å²) < 4.78 is 46.5. The average Bonchev–Trinajstić information content (AvgIpc) is 2.66. The highest BCUT2D eigenvalue weighted by Crippen LogP contribution is 2.55. The Morgan fingerprint density at radius 3 is 2.80 bits per heavy atom. The topological polar surface area (TPSA) is 26.3 Å². The van der Waals surface area contributed by atoms with Crippen molar-refractivity contribution in [3.05, 3.63) is 58.9 Å². The Balaban J connectivity index is 2.15. The number of esters is 1. The number of halogens is 3. The Hall–Kier alpha value is -2.04. The molecule has 3 rings (SSSR count). The van der Waals surface area contributed by atoms with Crippen molar-refractivity contribution in [1.82, 2.24) is 0 Å². The van der Waals surface area contributed by atoms with E-state index in [0.717, 1.165) is 6.08 Å². The predicted octanol–water partition coefficient (Wildman–Crippen LogP) is 3.70. The second kappa shape index (κ2) is 4.23. The van der Waals surface area contributed by atoms with Gasteiger partial charge in [-0.1, -0.05) is 12.1 Å². The minimum atomic E-state index is -3.07. The third-order valence-electron chi connectivity index (χ3n) is 3.80. The van der Waals surface area contributed by atoms with Crippen LogP contribution < -0.4 is 0 Å². The van der Waals surface area contributed by atoms with Crippen LogP contribution in [0.2, 0.25) is 0 Å². The van der Waals surface area contributed by atoms with E-state index in [1.165, 1.54) is 37.5 Å². The van der Waals surface area contributed by atoms with Crippen LogP contribution in [-0.4, -0.2) is 13.1 Å². The van der Waals surface area contributed by atoms with Crippen LogP contribution in [0.3, 0.4) is 0 Å². The lowest BCUT2D eigenvalue weighted by Gasteiger charge is -2.22. The van der Waals surface area contributed by atoms with Crippen molar-refractivity contribution in [3.8, 4) is 0 Å². The lowest BCUT2D eigenvalue weighted by molar-refractivity contribution is -0.0383. The molecule has 0 amide bonds. The second-order valence-electron chi connectivity index (χ2n) is 4.88. The summed E-state index contributed by atoms with van der Waals surface area (Å²) in [5.74, 6) is -6.07. The third kappa shape index (κ3) is 1.69. The number of allylic oxidation sites excluding steroid dienone is 4. The summed E-state index contributed by atoms with van der Waals surface area (Å²) in [4.78, 5) is 11.5. The van der Waals surface area contributed by atoms with E-state index < -0.39 is 29.6 Å². The van der Waals surface area contributed by atoms with E-state index in [1.807, 2.05) is 0 Å². The number of hydrogen-bond donors (Lipinski definition) is 0. The zero-order valence-electron chi connectivity index (χ0n) is 10.6. The van der Waals surface area contributed by atoms with Gasteiger partial charge in [0, 0.05) is 11.5 Å². The summed E-state index contributed by atoms with van der Waals surface area (Å²) in [7, 11) is 1.22. The lowest BCUT2D eigenvalue weighted by atomic mass is 9.87. The summed E-state index contributed by atoms with van der Waals surface area (Å²) in [5.41, 5.74) is 0.309. The Bertz CT molecular complexity index is 647. The van der Waals surface area contributed by atoms with Crippen molar-refractivity contribution in [3.63, 3.8) is 0 Å². The molecule has 104 valence electrons. The highest BCUT2D eigenvalue weighted by atomic mass is 19.3. The van der Waals surface area contributed by atoms with Gasteiger partial charge in [-0.3, -0.25) is 0 Å². The molecule has 20 heavy (non-hydrogen) atoms. The maximum atomic E-state index is 14.3. The van der Waals surface area contributed by atoms with Crippen LogP contribution in [0.25, 0.3) is 0 Å². The molecule has 0 spiro atoms. The minimum absolute atomic E-state index is 0.157. The summed E-state index contributed by atoms with van der Waals surface area (Å²) >= 11 is 0. The van der Waals surface area contributed by atoms with Gasteiger partial charge in [0.2, 0.25) is 0 Å². The number of carbonyl (C=O) groups is 1. The van der Waals surface area contributed by atoms with Gasteiger partial charge in [0.05, 0.1) is 18.6 Å². The van der Waals surface area contributed by atoms with Crippen molar-refractivity contribution in [2.45, 2.75) is 11.8 Å². The van der Waals surface area contributed by atoms with E-state index in [9.17, 15) is 18.0 Å². The van der Waals surface area contributed by atoms with Crippen molar-refractivity contribution >= 4 is 5.97 Å². The zero-order chi connectivity index (χ0) is 14.5. The molecule has 2 aliphatic carbocycles. The van der Waals surface area contributed by atoms with Gasteiger partial charge in [-0.2, -0.15) is 0 Å². The molecule has 5 heteroatoms. The van der Waals surface area contributed by atoms with E-state index in [-0.39, 0.29) is 16.7 Å². The van der Waals surface area contributed by atoms with E-state index in [0.29, 0.717) is 0 Å². The van der Waals surface area contributed by atoms with Gasteiger partial charge in [-0.05, 0) is 29.8 Å². The van der Waals surface area contributed by atoms with Crippen molar-refractivity contribution in [1.29, 1.82) is 0 Å². The Kier molecular flexibility index (Phi) is 2.74. The average molecular weight is 280 g/mol. The SMILES string of the molecule is COC(=O)c1ccc2c(c1)C1C=C(F)C=CC1C2(F)F. The van der Waals surface area contributed by atoms with Crippen molar-refractivity contribution in [2.24, 2.45) is 5.92 Å². The maximum Gasteiger partial charge on any atom is 0.337 e. The number of fused-ring (bicyclic) bond motifs is 3. The molecule has 0 saturated carbocycles. The fraction of sp³-hybridized carbons (Fsp3) is 0.267. The van der Waals surface area contributed by atoms with Gasteiger partial charge in [0.25, 0.3) is 5.92 Å². The molecule has 2 nitrogen and oxygen atoms in total. The monoisotopic (exact) mass is 280 g/mol. The van der Waals surface area contributed by atoms with Crippen LogP contribution >= 0.6 is 0 Å². The smallest absolute Gasteiger partial charge is 0.337 e. The van der Waals surface area contributed by atoms with E-state index in [2.05, 4.69) is 4.74 Å². The molecule has 0 heterocycles. The molecule has 0 radical (unpaired) electrons. The highest BCUT2D eigenvalue weighted by Gasteiger charge is 2.53. The van der Waals surface area contributed by atoms with Crippen LogP contribution in [0.4, 0.5) is 13.2 Å². The van der Waals surface area contributed by atoms with Gasteiger partial charge in [-0.15, -0.1) is 0 Å². The number of carbonyl (C=O) groups excluding carboxylic acids is 1. The van der Waals surface area contributed by atoms with E-state index in [1.54, 1.807) is 0 Å². The Morgan fingerprint density at radius 2 is 2.10 bits per heavy atom. The molecule has 0 N–H and O–H groups in total. The Labute approximate surface area is 113 Å². The normalized spacial score (nSPS) is 25.7.